The fourth-order valence-corrected chi connectivity index (χ4v) is 2.68. The zero-order valence-corrected chi connectivity index (χ0v) is 14.0. The van der Waals surface area contributed by atoms with Gasteiger partial charge >= 0.3 is 0 Å². The number of morpholine rings is 1. The number of hydrogen-bond acceptors (Lipinski definition) is 4. The summed E-state index contributed by atoms with van der Waals surface area (Å²) >= 11 is 0. The van der Waals surface area contributed by atoms with Crippen LogP contribution in [0.1, 0.15) is 29.8 Å². The molecule has 0 radical (unpaired) electrons. The number of carbonyl (C=O) groups excluding carboxylic acids is 1. The van der Waals surface area contributed by atoms with E-state index in [0.717, 1.165) is 5.56 Å². The van der Waals surface area contributed by atoms with Crippen LogP contribution in [0.5, 0.6) is 5.88 Å². The van der Waals surface area contributed by atoms with E-state index in [-0.39, 0.29) is 18.1 Å². The average molecular weight is 326 g/mol. The maximum absolute atomic E-state index is 12.6. The van der Waals surface area contributed by atoms with Gasteiger partial charge in [0.1, 0.15) is 6.61 Å². The monoisotopic (exact) mass is 326 g/mol. The molecule has 2 atom stereocenters. The number of hydrogen-bond donors (Lipinski definition) is 0. The smallest absolute Gasteiger partial charge is 0.255 e. The number of carbonyl (C=O) groups is 1. The van der Waals surface area contributed by atoms with Crippen LogP contribution in [0.3, 0.4) is 0 Å². The predicted molar refractivity (Wildman–Crippen MR) is 90.9 cm³/mol. The second kappa shape index (κ2) is 7.45. The van der Waals surface area contributed by atoms with Crippen molar-refractivity contribution in [2.75, 3.05) is 13.2 Å². The highest BCUT2D eigenvalue weighted by atomic mass is 16.5. The molecule has 0 N–H and O–H groups in total. The van der Waals surface area contributed by atoms with E-state index in [1.807, 2.05) is 49.1 Å². The molecule has 3 rings (SSSR count). The topological polar surface area (TPSA) is 51.7 Å². The highest BCUT2D eigenvalue weighted by Crippen LogP contribution is 2.17. The van der Waals surface area contributed by atoms with Crippen LogP contribution in [-0.4, -0.2) is 41.1 Å². The molecule has 0 saturated carbocycles. The molecule has 1 amide bonds. The Morgan fingerprint density at radius 2 is 2.04 bits per heavy atom. The van der Waals surface area contributed by atoms with E-state index >= 15 is 0 Å². The summed E-state index contributed by atoms with van der Waals surface area (Å²) in [5.74, 6) is 0.499. The van der Waals surface area contributed by atoms with Crippen LogP contribution in [0.4, 0.5) is 0 Å². The maximum Gasteiger partial charge on any atom is 0.255 e. The molecule has 1 aliphatic rings. The largest absolute Gasteiger partial charge is 0.473 e. The summed E-state index contributed by atoms with van der Waals surface area (Å²) < 4.78 is 11.2. The molecule has 2 heterocycles. The first-order chi connectivity index (χ1) is 11.6. The van der Waals surface area contributed by atoms with E-state index in [2.05, 4.69) is 4.98 Å². The SMILES string of the molecule is C[C@@H]1CO[C@@H](C)CN1C(=O)c1ccc(OCc2ccccc2)nc1. The summed E-state index contributed by atoms with van der Waals surface area (Å²) in [6, 6.07) is 13.5. The highest BCUT2D eigenvalue weighted by molar-refractivity contribution is 5.94. The summed E-state index contributed by atoms with van der Waals surface area (Å²) in [7, 11) is 0. The number of aromatic nitrogens is 1. The molecule has 1 aromatic carbocycles. The van der Waals surface area contributed by atoms with Crippen LogP contribution in [0.15, 0.2) is 48.7 Å². The van der Waals surface area contributed by atoms with Crippen molar-refractivity contribution in [1.82, 2.24) is 9.88 Å². The number of benzene rings is 1. The number of ether oxygens (including phenoxy) is 2. The maximum atomic E-state index is 12.6. The lowest BCUT2D eigenvalue weighted by molar-refractivity contribution is -0.0387. The summed E-state index contributed by atoms with van der Waals surface area (Å²) in [5.41, 5.74) is 1.65. The van der Waals surface area contributed by atoms with E-state index in [0.29, 0.717) is 31.2 Å². The minimum Gasteiger partial charge on any atom is -0.473 e. The molecule has 24 heavy (non-hydrogen) atoms. The zero-order valence-electron chi connectivity index (χ0n) is 14.0. The molecule has 5 nitrogen and oxygen atoms in total. The van der Waals surface area contributed by atoms with Gasteiger partial charge in [-0.25, -0.2) is 4.98 Å². The van der Waals surface area contributed by atoms with E-state index in [1.165, 1.54) is 0 Å². The molecule has 0 unspecified atom stereocenters. The fourth-order valence-electron chi connectivity index (χ4n) is 2.68. The van der Waals surface area contributed by atoms with Crippen LogP contribution >= 0.6 is 0 Å². The van der Waals surface area contributed by atoms with Gasteiger partial charge < -0.3 is 14.4 Å². The summed E-state index contributed by atoms with van der Waals surface area (Å²) in [6.07, 6.45) is 1.64. The Hall–Kier alpha value is -2.40. The van der Waals surface area contributed by atoms with E-state index in [9.17, 15) is 4.79 Å². The van der Waals surface area contributed by atoms with E-state index in [4.69, 9.17) is 9.47 Å². The van der Waals surface area contributed by atoms with Crippen molar-refractivity contribution in [1.29, 1.82) is 0 Å². The van der Waals surface area contributed by atoms with Gasteiger partial charge in [0.25, 0.3) is 5.91 Å². The van der Waals surface area contributed by atoms with Crippen LogP contribution in [0, 0.1) is 0 Å². The van der Waals surface area contributed by atoms with Gasteiger partial charge in [0.2, 0.25) is 5.88 Å². The first-order valence-electron chi connectivity index (χ1n) is 8.19. The predicted octanol–water partition coefficient (Wildman–Crippen LogP) is 2.91. The Balaban J connectivity index is 1.62. The van der Waals surface area contributed by atoms with Crippen LogP contribution < -0.4 is 4.74 Å². The minimum absolute atomic E-state index is 0.0141. The summed E-state index contributed by atoms with van der Waals surface area (Å²) in [5, 5.41) is 0. The Labute approximate surface area is 142 Å². The highest BCUT2D eigenvalue weighted by Gasteiger charge is 2.28. The first kappa shape index (κ1) is 16.5. The molecule has 0 spiro atoms. The number of amides is 1. The van der Waals surface area contributed by atoms with Gasteiger partial charge in [0.05, 0.1) is 24.3 Å². The summed E-state index contributed by atoms with van der Waals surface area (Å²) in [6.45, 7) is 5.60. The Morgan fingerprint density at radius 1 is 1.25 bits per heavy atom. The van der Waals surface area contributed by atoms with Crippen molar-refractivity contribution < 1.29 is 14.3 Å². The number of nitrogens with zero attached hydrogens (tertiary/aromatic N) is 2. The third kappa shape index (κ3) is 3.92. The molecular formula is C19H22N2O3. The zero-order chi connectivity index (χ0) is 16.9. The van der Waals surface area contributed by atoms with Gasteiger partial charge in [0, 0.05) is 18.8 Å². The van der Waals surface area contributed by atoms with E-state index < -0.39 is 0 Å². The lowest BCUT2D eigenvalue weighted by atomic mass is 10.1. The minimum atomic E-state index is -0.0141. The molecule has 1 aromatic heterocycles. The second-order valence-corrected chi connectivity index (χ2v) is 6.11. The third-order valence-corrected chi connectivity index (χ3v) is 4.08. The van der Waals surface area contributed by atoms with Crippen molar-refractivity contribution in [3.05, 3.63) is 59.8 Å². The molecule has 0 bridgehead atoms. The van der Waals surface area contributed by atoms with E-state index in [1.54, 1.807) is 18.3 Å². The molecule has 5 heteroatoms. The second-order valence-electron chi connectivity index (χ2n) is 6.11. The normalized spacial score (nSPS) is 20.7. The standard InChI is InChI=1S/C19H22N2O3/c1-14-12-23-15(2)11-21(14)19(22)17-8-9-18(20-10-17)24-13-16-6-4-3-5-7-16/h3-10,14-15H,11-13H2,1-2H3/t14-,15+/m1/s1. The van der Waals surface area contributed by atoms with Gasteiger partial charge in [-0.3, -0.25) is 4.79 Å². The first-order valence-corrected chi connectivity index (χ1v) is 8.19. The average Bonchev–Trinajstić information content (AvgIpc) is 2.63. The Morgan fingerprint density at radius 3 is 2.75 bits per heavy atom. The number of rotatable bonds is 4. The summed E-state index contributed by atoms with van der Waals surface area (Å²) in [4.78, 5) is 18.7. The Bertz CT molecular complexity index is 673. The van der Waals surface area contributed by atoms with Crippen molar-refractivity contribution in [2.45, 2.75) is 32.6 Å². The van der Waals surface area contributed by atoms with Gasteiger partial charge in [0.15, 0.2) is 0 Å². The van der Waals surface area contributed by atoms with Gasteiger partial charge in [-0.15, -0.1) is 0 Å². The molecular weight excluding hydrogens is 304 g/mol. The van der Waals surface area contributed by atoms with Gasteiger partial charge in [-0.1, -0.05) is 30.3 Å². The van der Waals surface area contributed by atoms with Crippen molar-refractivity contribution in [3.63, 3.8) is 0 Å². The lowest BCUT2D eigenvalue weighted by Gasteiger charge is -2.36. The van der Waals surface area contributed by atoms with Gasteiger partial charge in [-0.2, -0.15) is 0 Å². The third-order valence-electron chi connectivity index (χ3n) is 4.08. The van der Waals surface area contributed by atoms with Crippen LogP contribution in [-0.2, 0) is 11.3 Å². The Kier molecular flexibility index (Phi) is 5.11. The van der Waals surface area contributed by atoms with Crippen LogP contribution in [0.2, 0.25) is 0 Å². The quantitative estimate of drug-likeness (QED) is 0.867. The molecule has 1 fully saturated rings. The number of pyridine rings is 1. The van der Waals surface area contributed by atoms with Gasteiger partial charge in [-0.05, 0) is 25.5 Å². The fraction of sp³-hybridized carbons (Fsp3) is 0.368. The molecule has 0 aliphatic carbocycles. The van der Waals surface area contributed by atoms with Crippen molar-refractivity contribution in [3.8, 4) is 5.88 Å². The molecule has 1 saturated heterocycles. The molecule has 126 valence electrons. The molecule has 1 aliphatic heterocycles. The molecule has 2 aromatic rings. The van der Waals surface area contributed by atoms with Crippen molar-refractivity contribution in [2.24, 2.45) is 0 Å². The van der Waals surface area contributed by atoms with Crippen LogP contribution in [0.25, 0.3) is 0 Å². The van der Waals surface area contributed by atoms with Crippen molar-refractivity contribution >= 4 is 5.91 Å². The lowest BCUT2D eigenvalue weighted by Crippen LogP contribution is -2.50.